The highest BCUT2D eigenvalue weighted by atomic mass is 19.1. The zero-order chi connectivity index (χ0) is 13.2. The third-order valence-corrected chi connectivity index (χ3v) is 2.84. The molecule has 2 N–H and O–H groups in total. The van der Waals surface area contributed by atoms with Gasteiger partial charge in [-0.05, 0) is 48.7 Å². The van der Waals surface area contributed by atoms with Gasteiger partial charge >= 0.3 is 0 Å². The molecule has 1 unspecified atom stereocenters. The van der Waals surface area contributed by atoms with Crippen molar-refractivity contribution in [3.05, 3.63) is 65.5 Å². The minimum atomic E-state index is -0.829. The van der Waals surface area contributed by atoms with E-state index < -0.39 is 17.2 Å². The van der Waals surface area contributed by atoms with Gasteiger partial charge in [0.1, 0.15) is 11.6 Å². The lowest BCUT2D eigenvalue weighted by atomic mass is 9.87. The van der Waals surface area contributed by atoms with Crippen molar-refractivity contribution in [2.75, 3.05) is 0 Å². The number of rotatable bonds is 3. The highest BCUT2D eigenvalue weighted by Gasteiger charge is 2.23. The van der Waals surface area contributed by atoms with Crippen LogP contribution in [0.4, 0.5) is 8.78 Å². The molecule has 0 aliphatic carbocycles. The van der Waals surface area contributed by atoms with Gasteiger partial charge in [-0.1, -0.05) is 0 Å². The van der Waals surface area contributed by atoms with Crippen LogP contribution in [0, 0.1) is 11.6 Å². The zero-order valence-corrected chi connectivity index (χ0v) is 10.0. The first-order chi connectivity index (χ1) is 8.47. The molecule has 0 aliphatic rings. The van der Waals surface area contributed by atoms with E-state index in [4.69, 9.17) is 5.73 Å². The standard InChI is InChI=1S/C14H14F2N2/c1-14(17,9-10-2-4-18-5-3-10)11-6-12(15)8-13(16)7-11/h2-8H,9,17H2,1H3. The van der Waals surface area contributed by atoms with Crippen LogP contribution in [0.1, 0.15) is 18.1 Å². The number of halogens is 2. The van der Waals surface area contributed by atoms with E-state index in [1.165, 1.54) is 12.1 Å². The van der Waals surface area contributed by atoms with E-state index in [0.717, 1.165) is 11.6 Å². The summed E-state index contributed by atoms with van der Waals surface area (Å²) in [5.74, 6) is -1.23. The van der Waals surface area contributed by atoms with Crippen molar-refractivity contribution in [2.45, 2.75) is 18.9 Å². The average Bonchev–Trinajstić information content (AvgIpc) is 2.28. The van der Waals surface area contributed by atoms with E-state index in [2.05, 4.69) is 4.98 Å². The second-order valence-electron chi connectivity index (χ2n) is 4.61. The van der Waals surface area contributed by atoms with Gasteiger partial charge in [-0.3, -0.25) is 4.98 Å². The molecule has 0 radical (unpaired) electrons. The molecule has 1 atom stereocenters. The number of hydrogen-bond donors (Lipinski definition) is 1. The summed E-state index contributed by atoms with van der Waals surface area (Å²) in [6.45, 7) is 1.75. The molecule has 0 fully saturated rings. The molecule has 2 nitrogen and oxygen atoms in total. The first-order valence-electron chi connectivity index (χ1n) is 5.62. The Balaban J connectivity index is 2.30. The summed E-state index contributed by atoms with van der Waals surface area (Å²) in [6.07, 6.45) is 3.81. The zero-order valence-electron chi connectivity index (χ0n) is 10.0. The number of nitrogens with zero attached hydrogens (tertiary/aromatic N) is 1. The first kappa shape index (κ1) is 12.6. The fourth-order valence-electron chi connectivity index (χ4n) is 1.91. The fraction of sp³-hybridized carbons (Fsp3) is 0.214. The van der Waals surface area contributed by atoms with Crippen molar-refractivity contribution in [3.63, 3.8) is 0 Å². The molecule has 2 aromatic rings. The van der Waals surface area contributed by atoms with E-state index >= 15 is 0 Å². The van der Waals surface area contributed by atoms with Gasteiger partial charge < -0.3 is 5.73 Å². The molecule has 0 saturated heterocycles. The molecule has 18 heavy (non-hydrogen) atoms. The maximum Gasteiger partial charge on any atom is 0.126 e. The Kier molecular flexibility index (Phi) is 3.39. The lowest BCUT2D eigenvalue weighted by molar-refractivity contribution is 0.478. The predicted octanol–water partition coefficient (Wildman–Crippen LogP) is 2.78. The third kappa shape index (κ3) is 2.90. The molecule has 0 aliphatic heterocycles. The molecule has 1 aromatic heterocycles. The molecule has 4 heteroatoms. The lowest BCUT2D eigenvalue weighted by Gasteiger charge is -2.25. The smallest absolute Gasteiger partial charge is 0.126 e. The van der Waals surface area contributed by atoms with Crippen LogP contribution < -0.4 is 5.73 Å². The Morgan fingerprint density at radius 1 is 1.11 bits per heavy atom. The maximum atomic E-state index is 13.2. The first-order valence-corrected chi connectivity index (χ1v) is 5.62. The van der Waals surface area contributed by atoms with Crippen LogP contribution in [-0.4, -0.2) is 4.98 Å². The summed E-state index contributed by atoms with van der Waals surface area (Å²) in [5, 5.41) is 0. The average molecular weight is 248 g/mol. The summed E-state index contributed by atoms with van der Waals surface area (Å²) >= 11 is 0. The molecule has 2 rings (SSSR count). The number of aromatic nitrogens is 1. The minimum Gasteiger partial charge on any atom is -0.321 e. The SMILES string of the molecule is CC(N)(Cc1ccncc1)c1cc(F)cc(F)c1. The molecule has 0 spiro atoms. The van der Waals surface area contributed by atoms with Gasteiger partial charge in [-0.2, -0.15) is 0 Å². The number of pyridine rings is 1. The van der Waals surface area contributed by atoms with Gasteiger partial charge in [0.05, 0.1) is 0 Å². The van der Waals surface area contributed by atoms with E-state index in [1.807, 2.05) is 12.1 Å². The predicted molar refractivity (Wildman–Crippen MR) is 65.8 cm³/mol. The molecule has 94 valence electrons. The Bertz CT molecular complexity index is 518. The van der Waals surface area contributed by atoms with Gasteiger partial charge in [0.25, 0.3) is 0 Å². The lowest BCUT2D eigenvalue weighted by Crippen LogP contribution is -2.35. The summed E-state index contributed by atoms with van der Waals surface area (Å²) in [5.41, 5.74) is 6.74. The van der Waals surface area contributed by atoms with E-state index in [-0.39, 0.29) is 0 Å². The molecule has 1 aromatic carbocycles. The van der Waals surface area contributed by atoms with Crippen molar-refractivity contribution in [2.24, 2.45) is 5.73 Å². The normalized spacial score (nSPS) is 14.2. The van der Waals surface area contributed by atoms with Crippen molar-refractivity contribution in [1.29, 1.82) is 0 Å². The monoisotopic (exact) mass is 248 g/mol. The van der Waals surface area contributed by atoms with Crippen LogP contribution in [-0.2, 0) is 12.0 Å². The summed E-state index contributed by atoms with van der Waals surface area (Å²) in [6, 6.07) is 7.04. The molecule has 0 saturated carbocycles. The van der Waals surface area contributed by atoms with Crippen LogP contribution in [0.5, 0.6) is 0 Å². The molecular weight excluding hydrogens is 234 g/mol. The van der Waals surface area contributed by atoms with Gasteiger partial charge in [0, 0.05) is 24.0 Å². The maximum absolute atomic E-state index is 13.2. The summed E-state index contributed by atoms with van der Waals surface area (Å²) < 4.78 is 26.4. The van der Waals surface area contributed by atoms with Crippen LogP contribution in [0.15, 0.2) is 42.7 Å². The van der Waals surface area contributed by atoms with Crippen LogP contribution in [0.3, 0.4) is 0 Å². The molecule has 1 heterocycles. The van der Waals surface area contributed by atoms with E-state index in [1.54, 1.807) is 19.3 Å². The Morgan fingerprint density at radius 2 is 1.67 bits per heavy atom. The van der Waals surface area contributed by atoms with Gasteiger partial charge in [-0.25, -0.2) is 8.78 Å². The summed E-state index contributed by atoms with van der Waals surface area (Å²) in [4.78, 5) is 3.92. The number of hydrogen-bond acceptors (Lipinski definition) is 2. The highest BCUT2D eigenvalue weighted by Crippen LogP contribution is 2.24. The van der Waals surface area contributed by atoms with Crippen LogP contribution >= 0.6 is 0 Å². The van der Waals surface area contributed by atoms with Crippen molar-refractivity contribution in [3.8, 4) is 0 Å². The second-order valence-corrected chi connectivity index (χ2v) is 4.61. The van der Waals surface area contributed by atoms with E-state index in [0.29, 0.717) is 12.0 Å². The van der Waals surface area contributed by atoms with Crippen LogP contribution in [0.2, 0.25) is 0 Å². The van der Waals surface area contributed by atoms with Gasteiger partial charge in [0.15, 0.2) is 0 Å². The Morgan fingerprint density at radius 3 is 2.22 bits per heavy atom. The highest BCUT2D eigenvalue weighted by molar-refractivity contribution is 5.28. The molecule has 0 bridgehead atoms. The van der Waals surface area contributed by atoms with E-state index in [9.17, 15) is 8.78 Å². The minimum absolute atomic E-state index is 0.441. The van der Waals surface area contributed by atoms with Crippen LogP contribution in [0.25, 0.3) is 0 Å². The Labute approximate surface area is 104 Å². The topological polar surface area (TPSA) is 38.9 Å². The quantitative estimate of drug-likeness (QED) is 0.907. The number of nitrogens with two attached hydrogens (primary N) is 1. The van der Waals surface area contributed by atoms with Gasteiger partial charge in [0.2, 0.25) is 0 Å². The Hall–Kier alpha value is -1.81. The largest absolute Gasteiger partial charge is 0.321 e. The fourth-order valence-corrected chi connectivity index (χ4v) is 1.91. The van der Waals surface area contributed by atoms with Crippen molar-refractivity contribution < 1.29 is 8.78 Å². The molecule has 0 amide bonds. The second kappa shape index (κ2) is 4.82. The van der Waals surface area contributed by atoms with Crippen molar-refractivity contribution >= 4 is 0 Å². The molecular formula is C14H14F2N2. The summed E-state index contributed by atoms with van der Waals surface area (Å²) in [7, 11) is 0. The number of benzene rings is 1. The van der Waals surface area contributed by atoms with Crippen molar-refractivity contribution in [1.82, 2.24) is 4.98 Å². The third-order valence-electron chi connectivity index (χ3n) is 2.84. The van der Waals surface area contributed by atoms with Gasteiger partial charge in [-0.15, -0.1) is 0 Å².